The van der Waals surface area contributed by atoms with E-state index in [-0.39, 0.29) is 5.82 Å². The summed E-state index contributed by atoms with van der Waals surface area (Å²) in [6.07, 6.45) is 5.62. The summed E-state index contributed by atoms with van der Waals surface area (Å²) in [6.45, 7) is 0. The Labute approximate surface area is 141 Å². The molecule has 118 valence electrons. The molecule has 0 bridgehead atoms. The number of aromatic nitrogens is 1. The Hall–Kier alpha value is -2.74. The highest BCUT2D eigenvalue weighted by Gasteiger charge is 2.24. The van der Waals surface area contributed by atoms with Gasteiger partial charge < -0.3 is 0 Å². The molecule has 0 saturated heterocycles. The average Bonchev–Trinajstić information content (AvgIpc) is 2.96. The number of hydrogen-bond acceptors (Lipinski definition) is 1. The molecule has 3 aromatic rings. The van der Waals surface area contributed by atoms with Crippen molar-refractivity contribution in [2.45, 2.75) is 18.8 Å². The van der Waals surface area contributed by atoms with Gasteiger partial charge in [0.25, 0.3) is 0 Å². The summed E-state index contributed by atoms with van der Waals surface area (Å²) in [6, 6.07) is 21.5. The van der Waals surface area contributed by atoms with Crippen LogP contribution in [0.15, 0.2) is 79.0 Å². The third kappa shape index (κ3) is 2.88. The van der Waals surface area contributed by atoms with Crippen molar-refractivity contribution in [3.8, 4) is 0 Å². The van der Waals surface area contributed by atoms with Gasteiger partial charge in [-0.1, -0.05) is 54.6 Å². The van der Waals surface area contributed by atoms with Crippen LogP contribution in [0.25, 0.3) is 5.57 Å². The van der Waals surface area contributed by atoms with Crippen molar-refractivity contribution in [3.05, 3.63) is 107 Å². The fourth-order valence-corrected chi connectivity index (χ4v) is 3.45. The second-order valence-electron chi connectivity index (χ2n) is 6.18. The number of halogens is 1. The van der Waals surface area contributed by atoms with Crippen LogP contribution in [0, 0.1) is 5.82 Å². The van der Waals surface area contributed by atoms with Gasteiger partial charge in [-0.15, -0.1) is 0 Å². The maximum absolute atomic E-state index is 14.0. The third-order valence-electron chi connectivity index (χ3n) is 4.60. The van der Waals surface area contributed by atoms with Gasteiger partial charge in [0.1, 0.15) is 5.82 Å². The lowest BCUT2D eigenvalue weighted by Gasteiger charge is -2.10. The standard InChI is InChI=1S/C22H18FN/c23-22-11-4-1-7-16(22)13-17-14-18(15-19-8-5-6-12-24-19)21-10-3-2-9-20(17)21/h1-12,14,18H,13,15H2. The van der Waals surface area contributed by atoms with E-state index in [9.17, 15) is 4.39 Å². The molecule has 1 unspecified atom stereocenters. The maximum Gasteiger partial charge on any atom is 0.126 e. The van der Waals surface area contributed by atoms with E-state index >= 15 is 0 Å². The summed E-state index contributed by atoms with van der Waals surface area (Å²) < 4.78 is 14.0. The summed E-state index contributed by atoms with van der Waals surface area (Å²) >= 11 is 0. The average molecular weight is 315 g/mol. The predicted molar refractivity (Wildman–Crippen MR) is 95.2 cm³/mol. The molecule has 1 heterocycles. The van der Waals surface area contributed by atoms with Crippen LogP contribution in [0.4, 0.5) is 4.39 Å². The van der Waals surface area contributed by atoms with Gasteiger partial charge in [-0.3, -0.25) is 4.98 Å². The quantitative estimate of drug-likeness (QED) is 0.646. The molecule has 1 aromatic heterocycles. The van der Waals surface area contributed by atoms with Crippen LogP contribution in [0.1, 0.15) is 28.3 Å². The van der Waals surface area contributed by atoms with Crippen LogP contribution >= 0.6 is 0 Å². The summed E-state index contributed by atoms with van der Waals surface area (Å²) in [5, 5.41) is 0. The largest absolute Gasteiger partial charge is 0.261 e. The van der Waals surface area contributed by atoms with Gasteiger partial charge in [0.15, 0.2) is 0 Å². The van der Waals surface area contributed by atoms with E-state index in [4.69, 9.17) is 0 Å². The number of pyridine rings is 1. The van der Waals surface area contributed by atoms with Crippen molar-refractivity contribution in [2.24, 2.45) is 0 Å². The first-order valence-corrected chi connectivity index (χ1v) is 8.24. The molecule has 0 radical (unpaired) electrons. The number of nitrogens with zero attached hydrogens (tertiary/aromatic N) is 1. The van der Waals surface area contributed by atoms with Crippen LogP contribution in [0.3, 0.4) is 0 Å². The van der Waals surface area contributed by atoms with Crippen molar-refractivity contribution < 1.29 is 4.39 Å². The summed E-state index contributed by atoms with van der Waals surface area (Å²) in [5.41, 5.74) is 5.59. The molecule has 24 heavy (non-hydrogen) atoms. The molecule has 1 aliphatic carbocycles. The topological polar surface area (TPSA) is 12.9 Å². The van der Waals surface area contributed by atoms with Crippen LogP contribution in [0.5, 0.6) is 0 Å². The van der Waals surface area contributed by atoms with Crippen molar-refractivity contribution in [3.63, 3.8) is 0 Å². The van der Waals surface area contributed by atoms with E-state index < -0.39 is 0 Å². The fraction of sp³-hybridized carbons (Fsp3) is 0.136. The van der Waals surface area contributed by atoms with Gasteiger partial charge in [-0.05, 0) is 40.5 Å². The van der Waals surface area contributed by atoms with Crippen LogP contribution < -0.4 is 0 Å². The van der Waals surface area contributed by atoms with Gasteiger partial charge in [0.05, 0.1) is 0 Å². The Balaban J connectivity index is 1.66. The van der Waals surface area contributed by atoms with Gasteiger partial charge >= 0.3 is 0 Å². The molecule has 1 atom stereocenters. The van der Waals surface area contributed by atoms with E-state index in [1.165, 1.54) is 22.8 Å². The number of benzene rings is 2. The van der Waals surface area contributed by atoms with Crippen molar-refractivity contribution in [2.75, 3.05) is 0 Å². The highest BCUT2D eigenvalue weighted by Crippen LogP contribution is 2.39. The molecule has 0 saturated carbocycles. The van der Waals surface area contributed by atoms with Crippen LogP contribution in [0.2, 0.25) is 0 Å². The molecule has 0 amide bonds. The van der Waals surface area contributed by atoms with E-state index in [0.29, 0.717) is 12.3 Å². The van der Waals surface area contributed by atoms with E-state index in [1.807, 2.05) is 30.5 Å². The van der Waals surface area contributed by atoms with Gasteiger partial charge in [0, 0.05) is 30.7 Å². The Morgan fingerprint density at radius 2 is 1.67 bits per heavy atom. The number of allylic oxidation sites excluding steroid dienone is 2. The summed E-state index contributed by atoms with van der Waals surface area (Å²) in [7, 11) is 0. The molecule has 2 aromatic carbocycles. The van der Waals surface area contributed by atoms with E-state index in [1.54, 1.807) is 6.07 Å². The van der Waals surface area contributed by atoms with Crippen molar-refractivity contribution in [1.29, 1.82) is 0 Å². The predicted octanol–water partition coefficient (Wildman–Crippen LogP) is 5.19. The second-order valence-corrected chi connectivity index (χ2v) is 6.18. The molecule has 1 aliphatic rings. The van der Waals surface area contributed by atoms with Crippen LogP contribution in [-0.2, 0) is 12.8 Å². The first-order valence-electron chi connectivity index (χ1n) is 8.24. The third-order valence-corrected chi connectivity index (χ3v) is 4.60. The molecule has 0 fully saturated rings. The van der Waals surface area contributed by atoms with Crippen LogP contribution in [-0.4, -0.2) is 4.98 Å². The Morgan fingerprint density at radius 3 is 2.50 bits per heavy atom. The number of hydrogen-bond donors (Lipinski definition) is 0. The summed E-state index contributed by atoms with van der Waals surface area (Å²) in [5.74, 6) is 0.168. The van der Waals surface area contributed by atoms with E-state index in [2.05, 4.69) is 41.4 Å². The first-order chi connectivity index (χ1) is 11.8. The normalized spacial score (nSPS) is 15.9. The monoisotopic (exact) mass is 315 g/mol. The molecule has 0 aliphatic heterocycles. The SMILES string of the molecule is Fc1ccccc1CC1=CC(Cc2ccccn2)c2ccccc21. The minimum atomic E-state index is -0.135. The van der Waals surface area contributed by atoms with Crippen molar-refractivity contribution in [1.82, 2.24) is 4.98 Å². The molecule has 4 rings (SSSR count). The lowest BCUT2D eigenvalue weighted by Crippen LogP contribution is -1.99. The lowest BCUT2D eigenvalue weighted by molar-refractivity contribution is 0.615. The molecule has 0 spiro atoms. The molecule has 1 nitrogen and oxygen atoms in total. The Morgan fingerprint density at radius 1 is 0.875 bits per heavy atom. The number of fused-ring (bicyclic) bond motifs is 1. The maximum atomic E-state index is 14.0. The molecule has 2 heteroatoms. The number of rotatable bonds is 4. The second kappa shape index (κ2) is 6.40. The Bertz CT molecular complexity index is 883. The molecular weight excluding hydrogens is 297 g/mol. The smallest absolute Gasteiger partial charge is 0.126 e. The van der Waals surface area contributed by atoms with Gasteiger partial charge in [-0.2, -0.15) is 0 Å². The zero-order chi connectivity index (χ0) is 16.4. The highest BCUT2D eigenvalue weighted by molar-refractivity contribution is 5.76. The zero-order valence-corrected chi connectivity index (χ0v) is 13.3. The highest BCUT2D eigenvalue weighted by atomic mass is 19.1. The first kappa shape index (κ1) is 14.8. The van der Waals surface area contributed by atoms with Gasteiger partial charge in [-0.25, -0.2) is 4.39 Å². The minimum Gasteiger partial charge on any atom is -0.261 e. The molecular formula is C22H18FN. The van der Waals surface area contributed by atoms with Gasteiger partial charge in [0.2, 0.25) is 0 Å². The van der Waals surface area contributed by atoms with E-state index in [0.717, 1.165) is 17.7 Å². The Kier molecular flexibility index (Phi) is 3.96. The lowest BCUT2D eigenvalue weighted by atomic mass is 9.95. The molecule has 0 N–H and O–H groups in total. The minimum absolute atomic E-state index is 0.135. The summed E-state index contributed by atoms with van der Waals surface area (Å²) in [4.78, 5) is 4.45. The fourth-order valence-electron chi connectivity index (χ4n) is 3.45. The van der Waals surface area contributed by atoms with Crippen molar-refractivity contribution >= 4 is 5.57 Å². The zero-order valence-electron chi connectivity index (χ0n) is 13.3.